The number of hydrogen-bond acceptors (Lipinski definition) is 3. The lowest BCUT2D eigenvalue weighted by molar-refractivity contribution is -0.135. The highest BCUT2D eigenvalue weighted by molar-refractivity contribution is 5.88. The monoisotopic (exact) mass is 434 g/mol. The summed E-state index contributed by atoms with van der Waals surface area (Å²) >= 11 is 0. The van der Waals surface area contributed by atoms with Crippen LogP contribution in [0.25, 0.3) is 10.9 Å². The van der Waals surface area contributed by atoms with Crippen LogP contribution in [0.4, 0.5) is 0 Å². The Balaban J connectivity index is 1.28. The first-order valence-corrected chi connectivity index (χ1v) is 13.0. The molecule has 1 saturated carbocycles. The van der Waals surface area contributed by atoms with Gasteiger partial charge < -0.3 is 14.4 Å². The number of likely N-dealkylation sites (N-methyl/N-ethyl adjacent to an activating group) is 1. The lowest BCUT2D eigenvalue weighted by Gasteiger charge is -2.39. The molecule has 4 aliphatic rings. The molecular weight excluding hydrogens is 396 g/mol. The Kier molecular flexibility index (Phi) is 5.50. The van der Waals surface area contributed by atoms with Gasteiger partial charge in [0.05, 0.1) is 18.7 Å². The van der Waals surface area contributed by atoms with Gasteiger partial charge in [-0.2, -0.15) is 0 Å². The maximum absolute atomic E-state index is 13.3. The second-order valence-electron chi connectivity index (χ2n) is 10.8. The van der Waals surface area contributed by atoms with Crippen molar-refractivity contribution < 1.29 is 4.79 Å². The second-order valence-corrected chi connectivity index (χ2v) is 10.8. The fourth-order valence-electron chi connectivity index (χ4n) is 6.85. The van der Waals surface area contributed by atoms with Crippen molar-refractivity contribution in [3.63, 3.8) is 0 Å². The molecule has 2 aromatic rings. The number of carbonyl (C=O) groups excluding carboxylic acids is 1. The molecule has 2 aliphatic heterocycles. The number of nitrogens with zero attached hydrogens (tertiary/aromatic N) is 4. The van der Waals surface area contributed by atoms with Crippen LogP contribution >= 0.6 is 0 Å². The van der Waals surface area contributed by atoms with Crippen LogP contribution in [-0.2, 0) is 17.9 Å². The van der Waals surface area contributed by atoms with E-state index in [1.807, 2.05) is 0 Å². The standard InChI is InChI=1S/C27H38N4O/c1-28-12-14-29(15-13-28)18-26(32)30-17-22-8-5-9-23-24-16-21(20-6-3-2-4-7-20)10-11-25(24)31(19-30)27(22)23/h10-11,16,20,22H,2-9,12-15,17-19H2,1H3. The van der Waals surface area contributed by atoms with E-state index in [-0.39, 0.29) is 0 Å². The van der Waals surface area contributed by atoms with Crippen molar-refractivity contribution in [1.82, 2.24) is 19.3 Å². The van der Waals surface area contributed by atoms with E-state index < -0.39 is 0 Å². The van der Waals surface area contributed by atoms with Gasteiger partial charge in [0.1, 0.15) is 0 Å². The Labute approximate surface area is 192 Å². The maximum Gasteiger partial charge on any atom is 0.238 e. The van der Waals surface area contributed by atoms with Crippen LogP contribution in [0, 0.1) is 0 Å². The molecule has 1 atom stereocenters. The molecule has 2 aliphatic carbocycles. The number of hydrogen-bond donors (Lipinski definition) is 0. The van der Waals surface area contributed by atoms with Gasteiger partial charge in [-0.3, -0.25) is 9.69 Å². The molecule has 1 aromatic heterocycles. The van der Waals surface area contributed by atoms with Crippen molar-refractivity contribution in [1.29, 1.82) is 0 Å². The van der Waals surface area contributed by atoms with E-state index >= 15 is 0 Å². The van der Waals surface area contributed by atoms with Gasteiger partial charge >= 0.3 is 0 Å². The number of rotatable bonds is 3. The zero-order chi connectivity index (χ0) is 21.7. The van der Waals surface area contributed by atoms with Gasteiger partial charge in [-0.1, -0.05) is 25.3 Å². The molecule has 3 heterocycles. The Bertz CT molecular complexity index is 997. The quantitative estimate of drug-likeness (QED) is 0.727. The number of carbonyl (C=O) groups is 1. The number of aromatic nitrogens is 1. The van der Waals surface area contributed by atoms with Gasteiger partial charge in [-0.05, 0) is 68.3 Å². The third-order valence-corrected chi connectivity index (χ3v) is 8.74. The Morgan fingerprint density at radius 3 is 2.56 bits per heavy atom. The summed E-state index contributed by atoms with van der Waals surface area (Å²) in [5.74, 6) is 1.57. The van der Waals surface area contributed by atoms with Crippen LogP contribution in [0.1, 0.15) is 73.6 Å². The molecule has 5 nitrogen and oxygen atoms in total. The van der Waals surface area contributed by atoms with Gasteiger partial charge in [-0.25, -0.2) is 0 Å². The number of amides is 1. The Morgan fingerprint density at radius 2 is 1.75 bits per heavy atom. The van der Waals surface area contributed by atoms with Crippen LogP contribution in [0.5, 0.6) is 0 Å². The number of benzene rings is 1. The normalized spacial score (nSPS) is 25.3. The van der Waals surface area contributed by atoms with E-state index in [1.165, 1.54) is 62.3 Å². The number of aryl methyl sites for hydroxylation is 1. The predicted molar refractivity (Wildman–Crippen MR) is 129 cm³/mol. The minimum Gasteiger partial charge on any atom is -0.326 e. The minimum absolute atomic E-state index is 0.313. The maximum atomic E-state index is 13.3. The third-order valence-electron chi connectivity index (χ3n) is 8.74. The van der Waals surface area contributed by atoms with E-state index in [4.69, 9.17) is 0 Å². The Hall–Kier alpha value is -1.85. The average molecular weight is 435 g/mol. The average Bonchev–Trinajstić information content (AvgIpc) is 3.15. The summed E-state index contributed by atoms with van der Waals surface area (Å²) in [7, 11) is 2.17. The first kappa shape index (κ1) is 20.7. The summed E-state index contributed by atoms with van der Waals surface area (Å²) in [5.41, 5.74) is 6.07. The molecule has 0 radical (unpaired) electrons. The summed E-state index contributed by atoms with van der Waals surface area (Å²) in [5, 5.41) is 1.49. The summed E-state index contributed by atoms with van der Waals surface area (Å²) in [4.78, 5) is 20.1. The van der Waals surface area contributed by atoms with Crippen LogP contribution in [0.15, 0.2) is 18.2 Å². The molecule has 5 heteroatoms. The molecule has 2 fully saturated rings. The first-order chi connectivity index (χ1) is 15.7. The van der Waals surface area contributed by atoms with Crippen molar-refractivity contribution in [2.24, 2.45) is 0 Å². The molecule has 1 amide bonds. The second kappa shape index (κ2) is 8.49. The fraction of sp³-hybridized carbons (Fsp3) is 0.667. The van der Waals surface area contributed by atoms with Crippen LogP contribution in [0.2, 0.25) is 0 Å². The summed E-state index contributed by atoms with van der Waals surface area (Å²) in [6.45, 7) is 6.36. The molecule has 1 unspecified atom stereocenters. The molecule has 6 rings (SSSR count). The SMILES string of the molecule is CN1CCN(CC(=O)N2CC3CCCc4c3n(c3ccc(C5CCCCC5)cc43)C2)CC1. The predicted octanol–water partition coefficient (Wildman–Crippen LogP) is 4.16. The number of fused-ring (bicyclic) bond motifs is 3. The molecule has 1 aromatic carbocycles. The van der Waals surface area contributed by atoms with Crippen molar-refractivity contribution in [3.05, 3.63) is 35.0 Å². The van der Waals surface area contributed by atoms with E-state index in [0.717, 1.165) is 45.3 Å². The van der Waals surface area contributed by atoms with Gasteiger partial charge in [0.2, 0.25) is 5.91 Å². The van der Waals surface area contributed by atoms with Crippen LogP contribution in [0.3, 0.4) is 0 Å². The zero-order valence-electron chi connectivity index (χ0n) is 19.7. The lowest BCUT2D eigenvalue weighted by Crippen LogP contribution is -2.50. The molecular formula is C27H38N4O. The van der Waals surface area contributed by atoms with E-state index in [1.54, 1.807) is 16.8 Å². The fourth-order valence-corrected chi connectivity index (χ4v) is 6.85. The largest absolute Gasteiger partial charge is 0.326 e. The highest BCUT2D eigenvalue weighted by Crippen LogP contribution is 2.43. The summed E-state index contributed by atoms with van der Waals surface area (Å²) in [6.07, 6.45) is 10.6. The van der Waals surface area contributed by atoms with Crippen molar-refractivity contribution in [2.75, 3.05) is 46.3 Å². The number of piperazine rings is 1. The van der Waals surface area contributed by atoms with E-state index in [0.29, 0.717) is 18.4 Å². The van der Waals surface area contributed by atoms with Gasteiger partial charge in [-0.15, -0.1) is 0 Å². The summed E-state index contributed by atoms with van der Waals surface area (Å²) in [6, 6.07) is 7.31. The van der Waals surface area contributed by atoms with E-state index in [9.17, 15) is 4.79 Å². The molecule has 172 valence electrons. The molecule has 32 heavy (non-hydrogen) atoms. The van der Waals surface area contributed by atoms with Crippen molar-refractivity contribution in [2.45, 2.75) is 69.9 Å². The van der Waals surface area contributed by atoms with Crippen molar-refractivity contribution >= 4 is 16.8 Å². The molecule has 1 saturated heterocycles. The Morgan fingerprint density at radius 1 is 0.969 bits per heavy atom. The van der Waals surface area contributed by atoms with E-state index in [2.05, 4.69) is 44.5 Å². The highest BCUT2D eigenvalue weighted by atomic mass is 16.2. The molecule has 0 bridgehead atoms. The first-order valence-electron chi connectivity index (χ1n) is 13.0. The molecule has 0 N–H and O–H groups in total. The lowest BCUT2D eigenvalue weighted by atomic mass is 9.82. The zero-order valence-corrected chi connectivity index (χ0v) is 19.7. The smallest absolute Gasteiger partial charge is 0.238 e. The topological polar surface area (TPSA) is 31.7 Å². The highest BCUT2D eigenvalue weighted by Gasteiger charge is 2.35. The van der Waals surface area contributed by atoms with Gasteiger partial charge in [0, 0.05) is 49.7 Å². The van der Waals surface area contributed by atoms with Crippen molar-refractivity contribution in [3.8, 4) is 0 Å². The minimum atomic E-state index is 0.313. The van der Waals surface area contributed by atoms with Crippen LogP contribution in [-0.4, -0.2) is 71.5 Å². The molecule has 0 spiro atoms. The van der Waals surface area contributed by atoms with Gasteiger partial charge in [0.25, 0.3) is 0 Å². The third kappa shape index (κ3) is 3.67. The summed E-state index contributed by atoms with van der Waals surface area (Å²) < 4.78 is 2.50. The van der Waals surface area contributed by atoms with Gasteiger partial charge in [0.15, 0.2) is 0 Å². The van der Waals surface area contributed by atoms with Crippen LogP contribution < -0.4 is 0 Å².